The van der Waals surface area contributed by atoms with Crippen molar-refractivity contribution in [3.8, 4) is 0 Å². The van der Waals surface area contributed by atoms with E-state index < -0.39 is 0 Å². The van der Waals surface area contributed by atoms with Gasteiger partial charge in [-0.15, -0.1) is 0 Å². The number of carbonyl (C=O) groups excluding carboxylic acids is 1. The molecule has 98 valence electrons. The lowest BCUT2D eigenvalue weighted by Gasteiger charge is -2.06. The zero-order chi connectivity index (χ0) is 14.0. The van der Waals surface area contributed by atoms with Gasteiger partial charge >= 0.3 is 0 Å². The average Bonchev–Trinajstić information content (AvgIpc) is 2.25. The Balaban J connectivity index is 2.25. The molecule has 1 heterocycles. The number of aromatic nitrogens is 2. The van der Waals surface area contributed by atoms with Crippen LogP contribution in [0.25, 0.3) is 0 Å². The molecular weight excluding hydrogens is 330 g/mol. The number of rotatable bonds is 2. The standard InChI is InChI=1S/C13H11BrClN3O/c1-7-3-8(2)17-13(16-7)18-12(19)9-4-10(14)6-11(15)5-9/h3-6H,1-2H3,(H,16,17,18,19). The molecule has 0 spiro atoms. The Hall–Kier alpha value is -1.46. The van der Waals surface area contributed by atoms with E-state index in [9.17, 15) is 4.79 Å². The highest BCUT2D eigenvalue weighted by molar-refractivity contribution is 9.10. The maximum absolute atomic E-state index is 12.1. The fourth-order valence-electron chi connectivity index (χ4n) is 1.64. The van der Waals surface area contributed by atoms with Gasteiger partial charge < -0.3 is 0 Å². The van der Waals surface area contributed by atoms with E-state index in [1.165, 1.54) is 0 Å². The third kappa shape index (κ3) is 3.75. The predicted octanol–water partition coefficient (Wildman–Crippen LogP) is 3.76. The van der Waals surface area contributed by atoms with Crippen LogP contribution in [0.15, 0.2) is 28.7 Å². The van der Waals surface area contributed by atoms with E-state index in [1.807, 2.05) is 19.9 Å². The normalized spacial score (nSPS) is 10.3. The van der Waals surface area contributed by atoms with Crippen LogP contribution in [0.4, 0.5) is 5.95 Å². The molecule has 0 radical (unpaired) electrons. The van der Waals surface area contributed by atoms with Crippen molar-refractivity contribution >= 4 is 39.4 Å². The van der Waals surface area contributed by atoms with Gasteiger partial charge in [-0.3, -0.25) is 10.1 Å². The number of nitrogens with zero attached hydrogens (tertiary/aromatic N) is 2. The zero-order valence-electron chi connectivity index (χ0n) is 10.4. The number of anilines is 1. The maximum Gasteiger partial charge on any atom is 0.258 e. The van der Waals surface area contributed by atoms with Crippen LogP contribution >= 0.6 is 27.5 Å². The van der Waals surface area contributed by atoms with Crippen molar-refractivity contribution in [3.63, 3.8) is 0 Å². The van der Waals surface area contributed by atoms with Gasteiger partial charge in [0.15, 0.2) is 0 Å². The van der Waals surface area contributed by atoms with E-state index in [0.717, 1.165) is 15.9 Å². The van der Waals surface area contributed by atoms with Crippen LogP contribution in [-0.4, -0.2) is 15.9 Å². The molecular formula is C13H11BrClN3O. The Morgan fingerprint density at radius 1 is 1.16 bits per heavy atom. The Morgan fingerprint density at radius 3 is 2.37 bits per heavy atom. The number of amides is 1. The largest absolute Gasteiger partial charge is 0.290 e. The Labute approximate surface area is 124 Å². The van der Waals surface area contributed by atoms with E-state index in [0.29, 0.717) is 16.5 Å². The van der Waals surface area contributed by atoms with E-state index in [-0.39, 0.29) is 5.91 Å². The molecule has 0 aliphatic carbocycles. The highest BCUT2D eigenvalue weighted by Crippen LogP contribution is 2.20. The van der Waals surface area contributed by atoms with Crippen LogP contribution in [-0.2, 0) is 0 Å². The van der Waals surface area contributed by atoms with Crippen molar-refractivity contribution < 1.29 is 4.79 Å². The Kier molecular flexibility index (Phi) is 4.17. The third-order valence-corrected chi connectivity index (χ3v) is 3.01. The summed E-state index contributed by atoms with van der Waals surface area (Å²) in [5, 5.41) is 3.14. The fourth-order valence-corrected chi connectivity index (χ4v) is 2.50. The van der Waals surface area contributed by atoms with Crippen LogP contribution in [0.3, 0.4) is 0 Å². The smallest absolute Gasteiger partial charge is 0.258 e. The molecule has 0 aliphatic heterocycles. The number of carbonyl (C=O) groups is 1. The average molecular weight is 341 g/mol. The van der Waals surface area contributed by atoms with Crippen LogP contribution in [0, 0.1) is 13.8 Å². The molecule has 0 saturated carbocycles. The molecule has 0 aliphatic rings. The Morgan fingerprint density at radius 2 is 1.79 bits per heavy atom. The number of nitrogens with one attached hydrogen (secondary N) is 1. The van der Waals surface area contributed by atoms with Crippen molar-refractivity contribution in [1.29, 1.82) is 0 Å². The summed E-state index contributed by atoms with van der Waals surface area (Å²) < 4.78 is 0.742. The second-order valence-electron chi connectivity index (χ2n) is 4.09. The molecule has 1 amide bonds. The molecule has 0 atom stereocenters. The lowest BCUT2D eigenvalue weighted by atomic mass is 10.2. The number of aryl methyl sites for hydroxylation is 2. The van der Waals surface area contributed by atoms with Crippen LogP contribution in [0.1, 0.15) is 21.7 Å². The van der Waals surface area contributed by atoms with Gasteiger partial charge in [-0.25, -0.2) is 9.97 Å². The minimum Gasteiger partial charge on any atom is -0.290 e. The summed E-state index contributed by atoms with van der Waals surface area (Å²) in [6, 6.07) is 6.82. The second-order valence-corrected chi connectivity index (χ2v) is 5.44. The molecule has 0 saturated heterocycles. The van der Waals surface area contributed by atoms with Crippen LogP contribution in [0.2, 0.25) is 5.02 Å². The van der Waals surface area contributed by atoms with E-state index in [2.05, 4.69) is 31.2 Å². The van der Waals surface area contributed by atoms with E-state index in [1.54, 1.807) is 18.2 Å². The highest BCUT2D eigenvalue weighted by Gasteiger charge is 2.10. The summed E-state index contributed by atoms with van der Waals surface area (Å²) >= 11 is 9.20. The van der Waals surface area contributed by atoms with Gasteiger partial charge in [0.25, 0.3) is 5.91 Å². The first-order valence-electron chi connectivity index (χ1n) is 5.54. The summed E-state index contributed by atoms with van der Waals surface area (Å²) in [6.07, 6.45) is 0. The molecule has 4 nitrogen and oxygen atoms in total. The van der Waals surface area contributed by atoms with Crippen molar-refractivity contribution in [2.45, 2.75) is 13.8 Å². The fraction of sp³-hybridized carbons (Fsp3) is 0.154. The van der Waals surface area contributed by atoms with Gasteiger partial charge in [-0.2, -0.15) is 0 Å². The molecule has 0 bridgehead atoms. The SMILES string of the molecule is Cc1cc(C)nc(NC(=O)c2cc(Cl)cc(Br)c2)n1. The van der Waals surface area contributed by atoms with Gasteiger partial charge in [0, 0.05) is 26.4 Å². The Bertz CT molecular complexity index is 605. The van der Waals surface area contributed by atoms with Gasteiger partial charge in [-0.1, -0.05) is 27.5 Å². The summed E-state index contributed by atoms with van der Waals surface area (Å²) in [7, 11) is 0. The number of halogens is 2. The van der Waals surface area contributed by atoms with Crippen molar-refractivity contribution in [2.24, 2.45) is 0 Å². The van der Waals surface area contributed by atoms with Gasteiger partial charge in [0.2, 0.25) is 5.95 Å². The first kappa shape index (κ1) is 14.0. The first-order chi connectivity index (χ1) is 8.94. The summed E-state index contributed by atoms with van der Waals surface area (Å²) in [6.45, 7) is 3.70. The maximum atomic E-state index is 12.1. The first-order valence-corrected chi connectivity index (χ1v) is 6.71. The molecule has 6 heteroatoms. The van der Waals surface area contributed by atoms with Crippen molar-refractivity contribution in [1.82, 2.24) is 9.97 Å². The monoisotopic (exact) mass is 339 g/mol. The van der Waals surface area contributed by atoms with Crippen molar-refractivity contribution in [3.05, 3.63) is 50.7 Å². The second kappa shape index (κ2) is 5.67. The van der Waals surface area contributed by atoms with Gasteiger partial charge in [0.1, 0.15) is 0 Å². The lowest BCUT2D eigenvalue weighted by Crippen LogP contribution is -2.15. The van der Waals surface area contributed by atoms with E-state index >= 15 is 0 Å². The van der Waals surface area contributed by atoms with Gasteiger partial charge in [-0.05, 0) is 38.1 Å². The minimum absolute atomic E-state index is 0.290. The number of hydrogen-bond donors (Lipinski definition) is 1. The molecule has 1 aromatic carbocycles. The van der Waals surface area contributed by atoms with Crippen LogP contribution in [0.5, 0.6) is 0 Å². The summed E-state index contributed by atoms with van der Waals surface area (Å²) in [5.74, 6) is -0.00759. The van der Waals surface area contributed by atoms with Gasteiger partial charge in [0.05, 0.1) is 0 Å². The molecule has 1 N–H and O–H groups in total. The molecule has 19 heavy (non-hydrogen) atoms. The summed E-state index contributed by atoms with van der Waals surface area (Å²) in [5.41, 5.74) is 2.05. The topological polar surface area (TPSA) is 54.9 Å². The minimum atomic E-state index is -0.298. The van der Waals surface area contributed by atoms with E-state index in [4.69, 9.17) is 11.6 Å². The number of hydrogen-bond acceptors (Lipinski definition) is 3. The summed E-state index contributed by atoms with van der Waals surface area (Å²) in [4.78, 5) is 20.4. The molecule has 0 fully saturated rings. The zero-order valence-corrected chi connectivity index (χ0v) is 12.7. The third-order valence-electron chi connectivity index (χ3n) is 2.33. The molecule has 0 unspecified atom stereocenters. The highest BCUT2D eigenvalue weighted by atomic mass is 79.9. The van der Waals surface area contributed by atoms with Crippen LogP contribution < -0.4 is 5.32 Å². The van der Waals surface area contributed by atoms with Crippen molar-refractivity contribution in [2.75, 3.05) is 5.32 Å². The lowest BCUT2D eigenvalue weighted by molar-refractivity contribution is 0.102. The molecule has 2 rings (SSSR count). The predicted molar refractivity (Wildman–Crippen MR) is 78.6 cm³/mol. The molecule has 1 aromatic heterocycles. The molecule has 2 aromatic rings. The quantitative estimate of drug-likeness (QED) is 0.905. The number of benzene rings is 1.